The first-order valence-electron chi connectivity index (χ1n) is 23.6. The number of carbonyl (C=O) groups excluding carboxylic acids is 5. The summed E-state index contributed by atoms with van der Waals surface area (Å²) >= 11 is 0. The summed E-state index contributed by atoms with van der Waals surface area (Å²) in [6, 6.07) is -1.16. The lowest BCUT2D eigenvalue weighted by Gasteiger charge is -2.39. The van der Waals surface area contributed by atoms with E-state index >= 15 is 0 Å². The van der Waals surface area contributed by atoms with E-state index in [0.29, 0.717) is 50.5 Å². The molecule has 2 bridgehead atoms. The zero-order chi connectivity index (χ0) is 48.2. The smallest absolute Gasteiger partial charge is 0.329 e. The number of aliphatic hydroxyl groups is 3. The third-order valence-electron chi connectivity index (χ3n) is 14.1. The topological polar surface area (TPSA) is 195 Å². The molecule has 0 radical (unpaired) electrons. The number of allylic oxidation sites excluding steroid dienone is 6. The fraction of sp³-hybridized carbons (Fsp3) is 0.706. The van der Waals surface area contributed by atoms with Crippen molar-refractivity contribution in [1.82, 2.24) is 4.90 Å². The van der Waals surface area contributed by atoms with Crippen LogP contribution in [0.4, 0.5) is 0 Å². The van der Waals surface area contributed by atoms with Crippen LogP contribution in [-0.2, 0) is 47.7 Å². The molecule has 0 aromatic heterocycles. The molecular formula is C51H77NO13. The molecule has 0 spiro atoms. The number of methoxy groups -OCH3 is 3. The van der Waals surface area contributed by atoms with Crippen molar-refractivity contribution >= 4 is 29.2 Å². The van der Waals surface area contributed by atoms with E-state index in [1.807, 2.05) is 58.1 Å². The second-order valence-corrected chi connectivity index (χ2v) is 19.2. The van der Waals surface area contributed by atoms with Crippen LogP contribution in [0.25, 0.3) is 0 Å². The Hall–Kier alpha value is -3.63. The Kier molecular flexibility index (Phi) is 20.7. The van der Waals surface area contributed by atoms with Gasteiger partial charge in [0.05, 0.1) is 24.4 Å². The van der Waals surface area contributed by atoms with E-state index in [4.69, 9.17) is 23.7 Å². The Morgan fingerprint density at radius 2 is 1.60 bits per heavy atom. The summed E-state index contributed by atoms with van der Waals surface area (Å²) in [5, 5.41) is 33.8. The second kappa shape index (κ2) is 24.9. The Bertz CT molecular complexity index is 1820. The van der Waals surface area contributed by atoms with Gasteiger partial charge >= 0.3 is 5.97 Å². The van der Waals surface area contributed by atoms with Gasteiger partial charge in [0.15, 0.2) is 5.78 Å². The predicted octanol–water partition coefficient (Wildman–Crippen LogP) is 6.10. The van der Waals surface area contributed by atoms with Crippen LogP contribution in [0, 0.1) is 29.6 Å². The molecule has 1 saturated heterocycles. The van der Waals surface area contributed by atoms with Crippen LogP contribution in [0.1, 0.15) is 119 Å². The van der Waals surface area contributed by atoms with Gasteiger partial charge in [-0.1, -0.05) is 70.2 Å². The minimum absolute atomic E-state index is 0.0139. The molecule has 2 fully saturated rings. The molecule has 0 unspecified atom stereocenters. The molecular weight excluding hydrogens is 835 g/mol. The van der Waals surface area contributed by atoms with Crippen LogP contribution in [-0.4, -0.2) is 132 Å². The minimum atomic E-state index is -2.57. The second-order valence-electron chi connectivity index (χ2n) is 19.2. The fourth-order valence-electron chi connectivity index (χ4n) is 9.81. The number of ether oxygens (including phenoxy) is 5. The van der Waals surface area contributed by atoms with Crippen molar-refractivity contribution in [2.75, 3.05) is 27.9 Å². The summed E-state index contributed by atoms with van der Waals surface area (Å²) in [6.07, 6.45) is 12.0. The van der Waals surface area contributed by atoms with E-state index in [1.54, 1.807) is 40.2 Å². The third kappa shape index (κ3) is 14.2. The van der Waals surface area contributed by atoms with Crippen molar-refractivity contribution < 1.29 is 63.0 Å². The van der Waals surface area contributed by atoms with Gasteiger partial charge in [0.1, 0.15) is 30.1 Å². The average molecular weight is 912 g/mol. The number of fused-ring (bicyclic) bond motifs is 3. The molecule has 14 atom stereocenters. The Morgan fingerprint density at radius 1 is 0.877 bits per heavy atom. The Balaban J connectivity index is 1.71. The maximum absolute atomic E-state index is 14.4. The number of ketones is 3. The summed E-state index contributed by atoms with van der Waals surface area (Å²) in [4.78, 5) is 71.7. The number of rotatable bonds is 6. The summed E-state index contributed by atoms with van der Waals surface area (Å²) in [5.74, 6) is -7.55. The monoisotopic (exact) mass is 912 g/mol. The predicted molar refractivity (Wildman–Crippen MR) is 245 cm³/mol. The minimum Gasteiger partial charge on any atom is -0.460 e. The van der Waals surface area contributed by atoms with Crippen LogP contribution in [0.5, 0.6) is 0 Å². The number of aliphatic hydroxyl groups excluding tert-OH is 2. The first-order valence-corrected chi connectivity index (χ1v) is 23.6. The van der Waals surface area contributed by atoms with Crippen LogP contribution < -0.4 is 0 Å². The maximum atomic E-state index is 14.4. The molecule has 4 rings (SSSR count). The number of hydrogen-bond acceptors (Lipinski definition) is 13. The summed E-state index contributed by atoms with van der Waals surface area (Å²) < 4.78 is 29.3. The number of amides is 1. The number of Topliss-reactive ketones (excluding diaryl/α,β-unsaturated/α-hetero) is 3. The molecule has 65 heavy (non-hydrogen) atoms. The van der Waals surface area contributed by atoms with E-state index in [9.17, 15) is 39.3 Å². The van der Waals surface area contributed by atoms with E-state index in [-0.39, 0.29) is 66.8 Å². The Morgan fingerprint density at radius 3 is 2.28 bits per heavy atom. The van der Waals surface area contributed by atoms with E-state index in [1.165, 1.54) is 14.0 Å². The molecule has 3 heterocycles. The van der Waals surface area contributed by atoms with E-state index in [0.717, 1.165) is 16.9 Å². The van der Waals surface area contributed by atoms with Gasteiger partial charge in [-0.3, -0.25) is 19.2 Å². The number of cyclic esters (lactones) is 1. The highest BCUT2D eigenvalue weighted by Gasteiger charge is 2.50. The van der Waals surface area contributed by atoms with Crippen LogP contribution >= 0.6 is 0 Å². The van der Waals surface area contributed by atoms with Gasteiger partial charge in [0, 0.05) is 52.6 Å². The molecule has 0 aromatic carbocycles. The highest BCUT2D eigenvalue weighted by Crippen LogP contribution is 2.36. The standard InChI is InChI=1S/C51H77NO13/c1-30-16-12-11-13-17-31(2)42(61-8)28-38-21-19-36(7)51(60,65-38)48(57)49(58)52-23-15-14-18-39(52)50(59)64-43(33(4)26-37-20-22-40(53)44(27-37)62-9)29-41(54)32(3)25-35(6)46(56)47(63-10)45(55)34(5)24-30/h11-13,16-17,19,25,30,32-34,37-40,42-44,46-47,53,56,60H,14-15,18,20-24,26-29H2,1-10H3/t30-,32-,33-,34-,37+,38+,39+,40-,42+,43+,44-,46-,47+,51-/m1/s1. The van der Waals surface area contributed by atoms with Gasteiger partial charge in [-0.25, -0.2) is 4.79 Å². The van der Waals surface area contributed by atoms with Gasteiger partial charge in [-0.2, -0.15) is 0 Å². The summed E-state index contributed by atoms with van der Waals surface area (Å²) in [5.41, 5.74) is 1.41. The third-order valence-corrected chi connectivity index (χ3v) is 14.1. The lowest BCUT2D eigenvalue weighted by molar-refractivity contribution is -0.215. The van der Waals surface area contributed by atoms with Crippen molar-refractivity contribution in [2.24, 2.45) is 29.6 Å². The van der Waals surface area contributed by atoms with Crippen molar-refractivity contribution in [3.05, 3.63) is 59.3 Å². The number of hydrogen-bond donors (Lipinski definition) is 3. The van der Waals surface area contributed by atoms with Crippen LogP contribution in [0.2, 0.25) is 0 Å². The summed E-state index contributed by atoms with van der Waals surface area (Å²) in [6.45, 7) is 12.5. The highest BCUT2D eigenvalue weighted by atomic mass is 16.6. The average Bonchev–Trinajstić information content (AvgIpc) is 3.28. The lowest BCUT2D eigenvalue weighted by Crippen LogP contribution is -2.58. The fourth-order valence-corrected chi connectivity index (χ4v) is 9.81. The highest BCUT2D eigenvalue weighted by molar-refractivity contribution is 6.39. The van der Waals surface area contributed by atoms with E-state index < -0.39 is 77.9 Å². The van der Waals surface area contributed by atoms with Crippen molar-refractivity contribution in [3.63, 3.8) is 0 Å². The van der Waals surface area contributed by atoms with Crippen molar-refractivity contribution in [1.29, 1.82) is 0 Å². The molecule has 14 nitrogen and oxygen atoms in total. The normalized spacial score (nSPS) is 36.6. The molecule has 3 aliphatic heterocycles. The van der Waals surface area contributed by atoms with Crippen LogP contribution in [0.15, 0.2) is 59.3 Å². The molecule has 4 aliphatic rings. The molecule has 1 saturated carbocycles. The van der Waals surface area contributed by atoms with Gasteiger partial charge in [0.2, 0.25) is 0 Å². The van der Waals surface area contributed by atoms with Gasteiger partial charge < -0.3 is 43.9 Å². The molecule has 14 heteroatoms. The number of carbonyl (C=O) groups is 5. The first kappa shape index (κ1) is 54.0. The van der Waals surface area contributed by atoms with Crippen molar-refractivity contribution in [3.8, 4) is 0 Å². The molecule has 0 aromatic rings. The largest absolute Gasteiger partial charge is 0.460 e. The number of piperidine rings is 1. The number of nitrogens with zero attached hydrogens (tertiary/aromatic N) is 1. The van der Waals surface area contributed by atoms with Crippen molar-refractivity contribution in [2.45, 2.75) is 174 Å². The lowest BCUT2D eigenvalue weighted by atomic mass is 9.78. The van der Waals surface area contributed by atoms with Crippen LogP contribution in [0.3, 0.4) is 0 Å². The summed E-state index contributed by atoms with van der Waals surface area (Å²) in [7, 11) is 4.50. The molecule has 1 amide bonds. The van der Waals surface area contributed by atoms with Gasteiger partial charge in [-0.15, -0.1) is 0 Å². The Labute approximate surface area is 386 Å². The molecule has 364 valence electrons. The first-order chi connectivity index (χ1) is 30.7. The number of esters is 1. The quantitative estimate of drug-likeness (QED) is 0.157. The van der Waals surface area contributed by atoms with Gasteiger partial charge in [0.25, 0.3) is 17.5 Å². The zero-order valence-electron chi connectivity index (χ0n) is 40.4. The van der Waals surface area contributed by atoms with Gasteiger partial charge in [-0.05, 0) is 113 Å². The van der Waals surface area contributed by atoms with E-state index in [2.05, 4.69) is 0 Å². The zero-order valence-corrected chi connectivity index (χ0v) is 40.4. The molecule has 1 aliphatic carbocycles. The SMILES string of the molecule is CO[C@H]1C[C@@H]2CC=C(C)[C@@](O)(O2)C(=O)C(=O)N2CCCC[C@H]2C(=O)O[C@H]([C@H](C)C[C@@H]2CC[C@@H](O)[C@H](OC)C2)CC(=O)[C@H](C)C=C(C)[C@@H](O)[C@@H](OC)C(=O)[C@H](C)C[C@H](C)C=CC=CC=C1C. The maximum Gasteiger partial charge on any atom is 0.329 e. The molecule has 3 N–H and O–H groups in total.